The molecule has 0 fully saturated rings. The molecule has 7 nitrogen and oxygen atoms in total. The van der Waals surface area contributed by atoms with Gasteiger partial charge in [-0.3, -0.25) is 0 Å². The van der Waals surface area contributed by atoms with Gasteiger partial charge in [0.1, 0.15) is 5.69 Å². The molecule has 1 heterocycles. The van der Waals surface area contributed by atoms with Crippen LogP contribution >= 0.6 is 0 Å². The van der Waals surface area contributed by atoms with Crippen molar-refractivity contribution in [2.24, 2.45) is 0 Å². The van der Waals surface area contributed by atoms with Gasteiger partial charge in [-0.25, -0.2) is 14.3 Å². The number of esters is 2. The summed E-state index contributed by atoms with van der Waals surface area (Å²) in [7, 11) is 0. The summed E-state index contributed by atoms with van der Waals surface area (Å²) >= 11 is 0. The first-order valence-electron chi connectivity index (χ1n) is 10.8. The van der Waals surface area contributed by atoms with Crippen LogP contribution in [0.1, 0.15) is 36.1 Å². The minimum atomic E-state index is -0.429. The molecule has 0 amide bonds. The standard InChI is InChI=1S/C26H27N3O4/c1-4-32-24(30)13-11-21-15-19(3)16-22(12-14-25(31)33-5-2)26(21)23-18-29(28-27-23)17-20-9-7-6-8-10-20/h6-16,18H,4-5,17H2,1-3H3/b13-11+,14-12+. The molecule has 7 heteroatoms. The SMILES string of the molecule is CCOC(=O)/C=C/c1cc(C)cc(/C=C/C(=O)OCC)c1-c1cn(Cc2ccccc2)nn1. The van der Waals surface area contributed by atoms with Crippen LogP contribution in [0.15, 0.2) is 60.8 Å². The Morgan fingerprint density at radius 2 is 1.52 bits per heavy atom. The third-order valence-corrected chi connectivity index (χ3v) is 4.70. The second-order valence-corrected chi connectivity index (χ2v) is 7.28. The zero-order valence-electron chi connectivity index (χ0n) is 19.0. The topological polar surface area (TPSA) is 83.3 Å². The number of ether oxygens (including phenoxy) is 2. The number of aromatic nitrogens is 3. The van der Waals surface area contributed by atoms with Crippen molar-refractivity contribution in [2.75, 3.05) is 13.2 Å². The Kier molecular flexibility index (Phi) is 8.30. The molecule has 0 saturated carbocycles. The van der Waals surface area contributed by atoms with Gasteiger partial charge < -0.3 is 9.47 Å². The lowest BCUT2D eigenvalue weighted by Crippen LogP contribution is -2.00. The molecule has 3 aromatic rings. The molecule has 0 spiro atoms. The largest absolute Gasteiger partial charge is 0.463 e. The molecule has 33 heavy (non-hydrogen) atoms. The molecule has 0 aliphatic carbocycles. The monoisotopic (exact) mass is 445 g/mol. The highest BCUT2D eigenvalue weighted by Gasteiger charge is 2.14. The Hall–Kier alpha value is -4.00. The number of carbonyl (C=O) groups excluding carboxylic acids is 2. The molecule has 0 atom stereocenters. The van der Waals surface area contributed by atoms with Gasteiger partial charge in [0.05, 0.1) is 26.0 Å². The van der Waals surface area contributed by atoms with Crippen molar-refractivity contribution in [1.82, 2.24) is 15.0 Å². The molecule has 0 unspecified atom stereocenters. The number of hydrogen-bond acceptors (Lipinski definition) is 6. The van der Waals surface area contributed by atoms with Gasteiger partial charge in [0.15, 0.2) is 0 Å². The summed E-state index contributed by atoms with van der Waals surface area (Å²) in [5.74, 6) is -0.859. The molecular formula is C26H27N3O4. The fourth-order valence-electron chi connectivity index (χ4n) is 3.36. The summed E-state index contributed by atoms with van der Waals surface area (Å²) in [4.78, 5) is 23.8. The van der Waals surface area contributed by atoms with Gasteiger partial charge in [-0.05, 0) is 55.2 Å². The number of carbonyl (C=O) groups is 2. The zero-order valence-corrected chi connectivity index (χ0v) is 19.0. The maximum absolute atomic E-state index is 11.9. The Bertz CT molecular complexity index is 1110. The number of nitrogens with zero attached hydrogens (tertiary/aromatic N) is 3. The molecule has 2 aromatic carbocycles. The van der Waals surface area contributed by atoms with E-state index in [-0.39, 0.29) is 0 Å². The first-order chi connectivity index (χ1) is 16.0. The number of aryl methyl sites for hydroxylation is 1. The van der Waals surface area contributed by atoms with Crippen LogP contribution in [0.2, 0.25) is 0 Å². The van der Waals surface area contributed by atoms with Crippen molar-refractivity contribution >= 4 is 24.1 Å². The molecule has 0 bridgehead atoms. The lowest BCUT2D eigenvalue weighted by atomic mass is 9.95. The number of benzene rings is 2. The van der Waals surface area contributed by atoms with E-state index in [1.807, 2.05) is 55.6 Å². The van der Waals surface area contributed by atoms with Gasteiger partial charge in [-0.15, -0.1) is 5.10 Å². The Balaban J connectivity index is 2.04. The first kappa shape index (κ1) is 23.7. The lowest BCUT2D eigenvalue weighted by Gasteiger charge is -2.10. The predicted molar refractivity (Wildman–Crippen MR) is 127 cm³/mol. The van der Waals surface area contributed by atoms with Crippen molar-refractivity contribution in [3.63, 3.8) is 0 Å². The number of hydrogen-bond donors (Lipinski definition) is 0. The van der Waals surface area contributed by atoms with E-state index in [9.17, 15) is 9.59 Å². The van der Waals surface area contributed by atoms with Gasteiger partial charge in [0.25, 0.3) is 0 Å². The number of rotatable bonds is 9. The van der Waals surface area contributed by atoms with Crippen LogP contribution in [0.5, 0.6) is 0 Å². The Labute approximate surface area is 193 Å². The summed E-state index contributed by atoms with van der Waals surface area (Å²) in [5.41, 5.74) is 4.96. The van der Waals surface area contributed by atoms with Crippen LogP contribution in [-0.4, -0.2) is 40.1 Å². The van der Waals surface area contributed by atoms with E-state index in [0.29, 0.717) is 25.5 Å². The van der Waals surface area contributed by atoms with E-state index >= 15 is 0 Å². The van der Waals surface area contributed by atoms with E-state index in [0.717, 1.165) is 27.8 Å². The zero-order chi connectivity index (χ0) is 23.6. The van der Waals surface area contributed by atoms with Crippen LogP contribution in [-0.2, 0) is 25.6 Å². The van der Waals surface area contributed by atoms with Crippen LogP contribution in [0.4, 0.5) is 0 Å². The molecule has 1 aromatic heterocycles. The molecule has 0 aliphatic rings. The van der Waals surface area contributed by atoms with Gasteiger partial charge in [0, 0.05) is 17.7 Å². The summed E-state index contributed by atoms with van der Waals surface area (Å²) in [6.45, 7) is 6.62. The van der Waals surface area contributed by atoms with Crippen molar-refractivity contribution in [1.29, 1.82) is 0 Å². The first-order valence-corrected chi connectivity index (χ1v) is 10.8. The molecule has 170 valence electrons. The van der Waals surface area contributed by atoms with Crippen molar-refractivity contribution in [3.8, 4) is 11.3 Å². The third-order valence-electron chi connectivity index (χ3n) is 4.70. The van der Waals surface area contributed by atoms with E-state index in [4.69, 9.17) is 9.47 Å². The second-order valence-electron chi connectivity index (χ2n) is 7.28. The van der Waals surface area contributed by atoms with E-state index in [1.165, 1.54) is 12.2 Å². The molecular weight excluding hydrogens is 418 g/mol. The summed E-state index contributed by atoms with van der Waals surface area (Å²) in [6, 6.07) is 13.9. The van der Waals surface area contributed by atoms with E-state index < -0.39 is 11.9 Å². The Morgan fingerprint density at radius 1 is 0.939 bits per heavy atom. The van der Waals surface area contributed by atoms with Gasteiger partial charge in [-0.2, -0.15) is 0 Å². The average Bonchev–Trinajstić information content (AvgIpc) is 3.25. The highest BCUT2D eigenvalue weighted by Crippen LogP contribution is 2.30. The fraction of sp³-hybridized carbons (Fsp3) is 0.231. The van der Waals surface area contributed by atoms with Crippen LogP contribution < -0.4 is 0 Å². The maximum atomic E-state index is 11.9. The van der Waals surface area contributed by atoms with Crippen molar-refractivity contribution in [3.05, 3.63) is 83.1 Å². The third kappa shape index (κ3) is 6.74. The minimum absolute atomic E-state index is 0.297. The smallest absolute Gasteiger partial charge is 0.330 e. The maximum Gasteiger partial charge on any atom is 0.330 e. The molecule has 0 N–H and O–H groups in total. The summed E-state index contributed by atoms with van der Waals surface area (Å²) < 4.78 is 11.8. The van der Waals surface area contributed by atoms with Crippen LogP contribution in [0.3, 0.4) is 0 Å². The van der Waals surface area contributed by atoms with Gasteiger partial charge in [-0.1, -0.05) is 47.7 Å². The van der Waals surface area contributed by atoms with Gasteiger partial charge in [0.2, 0.25) is 0 Å². The van der Waals surface area contributed by atoms with Crippen molar-refractivity contribution < 1.29 is 19.1 Å². The fourth-order valence-corrected chi connectivity index (χ4v) is 3.36. The van der Waals surface area contributed by atoms with Crippen LogP contribution in [0.25, 0.3) is 23.4 Å². The second kappa shape index (κ2) is 11.6. The average molecular weight is 446 g/mol. The summed E-state index contributed by atoms with van der Waals surface area (Å²) in [6.07, 6.45) is 8.00. The van der Waals surface area contributed by atoms with E-state index in [2.05, 4.69) is 10.3 Å². The quantitative estimate of drug-likeness (QED) is 0.357. The molecule has 0 saturated heterocycles. The van der Waals surface area contributed by atoms with Crippen LogP contribution in [0, 0.1) is 6.92 Å². The molecule has 3 rings (SSSR count). The van der Waals surface area contributed by atoms with Gasteiger partial charge >= 0.3 is 11.9 Å². The lowest BCUT2D eigenvalue weighted by molar-refractivity contribution is -0.138. The predicted octanol–water partition coefficient (Wildman–Crippen LogP) is 4.45. The highest BCUT2D eigenvalue weighted by atomic mass is 16.5. The van der Waals surface area contributed by atoms with E-state index in [1.54, 1.807) is 30.7 Å². The normalized spacial score (nSPS) is 11.2. The molecule has 0 radical (unpaired) electrons. The minimum Gasteiger partial charge on any atom is -0.463 e. The molecule has 0 aliphatic heterocycles. The Morgan fingerprint density at radius 3 is 2.06 bits per heavy atom. The summed E-state index contributed by atoms with van der Waals surface area (Å²) in [5, 5.41) is 8.65. The highest BCUT2D eigenvalue weighted by molar-refractivity contribution is 5.93. The van der Waals surface area contributed by atoms with Crippen molar-refractivity contribution in [2.45, 2.75) is 27.3 Å².